The Balaban J connectivity index is 1.82. The number of amides is 1. The fraction of sp³-hybridized carbons (Fsp3) is 0.120. The molecule has 0 radical (unpaired) electrons. The number of anilines is 1. The molecule has 4 N–H and O–H groups in total. The number of fused-ring (bicyclic) bond motifs is 1. The molecule has 168 valence electrons. The Labute approximate surface area is 187 Å². The highest BCUT2D eigenvalue weighted by Gasteiger charge is 2.30. The molecule has 33 heavy (non-hydrogen) atoms. The molecule has 0 aliphatic carbocycles. The molecule has 0 saturated carbocycles. The first kappa shape index (κ1) is 22.1. The van der Waals surface area contributed by atoms with E-state index < -0.39 is 17.6 Å². The third-order valence-corrected chi connectivity index (χ3v) is 5.51. The van der Waals surface area contributed by atoms with Crippen molar-refractivity contribution in [3.8, 4) is 11.5 Å². The minimum absolute atomic E-state index is 0.251. The van der Waals surface area contributed by atoms with Crippen LogP contribution in [0.3, 0.4) is 0 Å². The van der Waals surface area contributed by atoms with Crippen molar-refractivity contribution < 1.29 is 22.7 Å². The number of rotatable bonds is 5. The predicted octanol–water partition coefficient (Wildman–Crippen LogP) is 5.88. The maximum Gasteiger partial charge on any atom is 0.416 e. The molecule has 1 aromatic heterocycles. The molecule has 4 rings (SSSR count). The average Bonchev–Trinajstić information content (AvgIpc) is 2.78. The van der Waals surface area contributed by atoms with Crippen molar-refractivity contribution in [2.45, 2.75) is 19.0 Å². The van der Waals surface area contributed by atoms with Crippen LogP contribution < -0.4 is 16.2 Å². The zero-order valence-electron chi connectivity index (χ0n) is 17.6. The number of halogens is 3. The Morgan fingerprint density at radius 2 is 1.70 bits per heavy atom. The van der Waals surface area contributed by atoms with Gasteiger partial charge in [0.15, 0.2) is 0 Å². The molecule has 0 saturated heterocycles. The number of ether oxygens (including phenoxy) is 1. The maximum atomic E-state index is 12.9. The van der Waals surface area contributed by atoms with Gasteiger partial charge in [0.05, 0.1) is 5.56 Å². The van der Waals surface area contributed by atoms with Crippen LogP contribution >= 0.6 is 0 Å². The Hall–Kier alpha value is -4.07. The summed E-state index contributed by atoms with van der Waals surface area (Å²) in [6.45, 7) is 1.90. The van der Waals surface area contributed by atoms with Crippen molar-refractivity contribution in [2.75, 3.05) is 5.73 Å². The molecule has 1 unspecified atom stereocenters. The Morgan fingerprint density at radius 3 is 2.33 bits per heavy atom. The lowest BCUT2D eigenvalue weighted by molar-refractivity contribution is -0.137. The van der Waals surface area contributed by atoms with Crippen LogP contribution in [0.25, 0.3) is 10.8 Å². The van der Waals surface area contributed by atoms with Gasteiger partial charge in [-0.15, -0.1) is 0 Å². The van der Waals surface area contributed by atoms with E-state index in [9.17, 15) is 18.0 Å². The second-order valence-corrected chi connectivity index (χ2v) is 7.57. The second kappa shape index (κ2) is 8.46. The van der Waals surface area contributed by atoms with E-state index in [0.29, 0.717) is 33.5 Å². The van der Waals surface area contributed by atoms with Crippen LogP contribution in [0.1, 0.15) is 39.9 Å². The highest BCUT2D eigenvalue weighted by molar-refractivity contribution is 6.03. The van der Waals surface area contributed by atoms with Crippen LogP contribution in [0, 0.1) is 0 Å². The van der Waals surface area contributed by atoms with E-state index in [4.69, 9.17) is 16.2 Å². The highest BCUT2D eigenvalue weighted by Crippen LogP contribution is 2.39. The summed E-state index contributed by atoms with van der Waals surface area (Å²) in [6.07, 6.45) is -2.85. The Morgan fingerprint density at radius 1 is 0.970 bits per heavy atom. The predicted molar refractivity (Wildman–Crippen MR) is 120 cm³/mol. The summed E-state index contributed by atoms with van der Waals surface area (Å²) in [4.78, 5) is 16.4. The molecule has 1 amide bonds. The van der Waals surface area contributed by atoms with Gasteiger partial charge in [-0.25, -0.2) is 4.98 Å². The Kier molecular flexibility index (Phi) is 5.68. The van der Waals surface area contributed by atoms with E-state index >= 15 is 0 Å². The summed E-state index contributed by atoms with van der Waals surface area (Å²) >= 11 is 0. The standard InChI is InChI=1S/C25H20F3N3O2/c1-14(17-5-3-13-31-23(17)29)22-19-4-2-6-21(18(19)11-12-20(22)24(30)32)33-16-9-7-15(8-10-16)25(26,27)28/h2-14H,1H3,(H2,29,31)(H2,30,32). The van der Waals surface area contributed by atoms with Gasteiger partial charge in [0.1, 0.15) is 17.3 Å². The fourth-order valence-electron chi connectivity index (χ4n) is 3.91. The number of nitrogen functional groups attached to an aromatic ring is 1. The first-order chi connectivity index (χ1) is 15.7. The molecule has 0 spiro atoms. The summed E-state index contributed by atoms with van der Waals surface area (Å²) in [5.74, 6) is 0.118. The first-order valence-corrected chi connectivity index (χ1v) is 10.1. The van der Waals surface area contributed by atoms with Gasteiger partial charge in [-0.3, -0.25) is 4.79 Å². The van der Waals surface area contributed by atoms with Gasteiger partial charge in [0, 0.05) is 28.6 Å². The van der Waals surface area contributed by atoms with Crippen molar-refractivity contribution in [3.05, 3.63) is 95.2 Å². The highest BCUT2D eigenvalue weighted by atomic mass is 19.4. The lowest BCUT2D eigenvalue weighted by Gasteiger charge is -2.20. The van der Waals surface area contributed by atoms with Crippen molar-refractivity contribution in [1.82, 2.24) is 4.98 Å². The molecule has 5 nitrogen and oxygen atoms in total. The van der Waals surface area contributed by atoms with Gasteiger partial charge in [0.25, 0.3) is 0 Å². The molecule has 0 aliphatic heterocycles. The topological polar surface area (TPSA) is 91.2 Å². The van der Waals surface area contributed by atoms with Gasteiger partial charge in [-0.1, -0.05) is 25.1 Å². The van der Waals surface area contributed by atoms with E-state index in [2.05, 4.69) is 4.98 Å². The Bertz CT molecular complexity index is 1340. The van der Waals surface area contributed by atoms with Gasteiger partial charge >= 0.3 is 6.18 Å². The van der Waals surface area contributed by atoms with Crippen molar-refractivity contribution in [2.24, 2.45) is 5.73 Å². The van der Waals surface area contributed by atoms with E-state index in [0.717, 1.165) is 17.7 Å². The van der Waals surface area contributed by atoms with Gasteiger partial charge in [-0.2, -0.15) is 13.2 Å². The average molecular weight is 451 g/mol. The number of carbonyl (C=O) groups excluding carboxylic acids is 1. The fourth-order valence-corrected chi connectivity index (χ4v) is 3.91. The number of alkyl halides is 3. The zero-order valence-corrected chi connectivity index (χ0v) is 17.6. The van der Waals surface area contributed by atoms with Crippen LogP contribution in [0.2, 0.25) is 0 Å². The molecule has 3 aromatic carbocycles. The SMILES string of the molecule is CC(c1cccnc1N)c1c(C(N)=O)ccc2c(Oc3ccc(C(F)(F)F)cc3)cccc12. The smallest absolute Gasteiger partial charge is 0.416 e. The van der Waals surface area contributed by atoms with Crippen molar-refractivity contribution in [1.29, 1.82) is 0 Å². The van der Waals surface area contributed by atoms with Crippen LogP contribution in [-0.2, 0) is 6.18 Å². The minimum atomic E-state index is -4.43. The summed E-state index contributed by atoms with van der Waals surface area (Å²) in [6, 6.07) is 16.6. The number of carbonyl (C=O) groups is 1. The maximum absolute atomic E-state index is 12.9. The lowest BCUT2D eigenvalue weighted by Crippen LogP contribution is -2.16. The van der Waals surface area contributed by atoms with Crippen molar-refractivity contribution in [3.63, 3.8) is 0 Å². The van der Waals surface area contributed by atoms with Gasteiger partial charge in [0.2, 0.25) is 5.91 Å². The van der Waals surface area contributed by atoms with Gasteiger partial charge in [-0.05, 0) is 59.5 Å². The van der Waals surface area contributed by atoms with Crippen LogP contribution in [0.15, 0.2) is 72.9 Å². The second-order valence-electron chi connectivity index (χ2n) is 7.57. The van der Waals surface area contributed by atoms with E-state index in [1.54, 1.807) is 36.5 Å². The number of hydrogen-bond acceptors (Lipinski definition) is 4. The van der Waals surface area contributed by atoms with Crippen LogP contribution in [0.4, 0.5) is 19.0 Å². The molecular weight excluding hydrogens is 431 g/mol. The number of primary amides is 1. The summed E-state index contributed by atoms with van der Waals surface area (Å²) in [5, 5.41) is 1.39. The number of aromatic nitrogens is 1. The number of benzene rings is 3. The van der Waals surface area contributed by atoms with E-state index in [-0.39, 0.29) is 11.7 Å². The first-order valence-electron chi connectivity index (χ1n) is 10.1. The molecule has 8 heteroatoms. The monoisotopic (exact) mass is 451 g/mol. The largest absolute Gasteiger partial charge is 0.457 e. The summed E-state index contributed by atoms with van der Waals surface area (Å²) in [5.41, 5.74) is 12.7. The molecule has 0 bridgehead atoms. The number of nitrogens with two attached hydrogens (primary N) is 2. The van der Waals surface area contributed by atoms with E-state index in [1.807, 2.05) is 19.1 Å². The van der Waals surface area contributed by atoms with Crippen molar-refractivity contribution >= 4 is 22.5 Å². The van der Waals surface area contributed by atoms with Gasteiger partial charge < -0.3 is 16.2 Å². The number of nitrogens with zero attached hydrogens (tertiary/aromatic N) is 1. The number of pyridine rings is 1. The number of hydrogen-bond donors (Lipinski definition) is 2. The van der Waals surface area contributed by atoms with Crippen LogP contribution in [-0.4, -0.2) is 10.9 Å². The molecule has 1 atom stereocenters. The normalized spacial score (nSPS) is 12.5. The van der Waals surface area contributed by atoms with E-state index in [1.165, 1.54) is 12.1 Å². The third-order valence-electron chi connectivity index (χ3n) is 5.51. The molecule has 4 aromatic rings. The zero-order chi connectivity index (χ0) is 23.8. The quantitative estimate of drug-likeness (QED) is 0.396. The summed E-state index contributed by atoms with van der Waals surface area (Å²) in [7, 11) is 0. The lowest BCUT2D eigenvalue weighted by atomic mass is 9.85. The summed E-state index contributed by atoms with van der Waals surface area (Å²) < 4.78 is 44.5. The molecular formula is C25H20F3N3O2. The third kappa shape index (κ3) is 4.32. The molecule has 0 fully saturated rings. The molecule has 1 heterocycles. The molecule has 0 aliphatic rings. The van der Waals surface area contributed by atoms with Crippen LogP contribution in [0.5, 0.6) is 11.5 Å². The minimum Gasteiger partial charge on any atom is -0.457 e.